The van der Waals surface area contributed by atoms with Crippen LogP contribution in [0.1, 0.15) is 15.4 Å². The summed E-state index contributed by atoms with van der Waals surface area (Å²) in [6.45, 7) is 1.74. The van der Waals surface area contributed by atoms with E-state index < -0.39 is 0 Å². The van der Waals surface area contributed by atoms with Crippen LogP contribution in [0.3, 0.4) is 0 Å². The van der Waals surface area contributed by atoms with Crippen LogP contribution in [0.2, 0.25) is 0 Å². The van der Waals surface area contributed by atoms with Crippen molar-refractivity contribution in [3.8, 4) is 5.75 Å². The molecule has 1 aromatic carbocycles. The van der Waals surface area contributed by atoms with E-state index in [0.717, 1.165) is 11.5 Å². The van der Waals surface area contributed by atoms with Crippen molar-refractivity contribution in [3.63, 3.8) is 0 Å². The van der Waals surface area contributed by atoms with Gasteiger partial charge in [0, 0.05) is 5.69 Å². The van der Waals surface area contributed by atoms with Gasteiger partial charge in [0.05, 0.1) is 18.5 Å². The van der Waals surface area contributed by atoms with E-state index in [9.17, 15) is 4.79 Å². The molecule has 0 bridgehead atoms. The molecule has 18 heavy (non-hydrogen) atoms. The van der Waals surface area contributed by atoms with Crippen molar-refractivity contribution in [3.05, 3.63) is 28.8 Å². The van der Waals surface area contributed by atoms with E-state index in [-0.39, 0.29) is 5.91 Å². The zero-order chi connectivity index (χ0) is 13.1. The van der Waals surface area contributed by atoms with Gasteiger partial charge in [0.15, 0.2) is 0 Å². The molecule has 1 aromatic heterocycles. The molecular weight excluding hydrogens is 252 g/mol. The fourth-order valence-corrected chi connectivity index (χ4v) is 1.99. The molecule has 0 fully saturated rings. The first kappa shape index (κ1) is 12.3. The Morgan fingerprint density at radius 2 is 2.28 bits per heavy atom. The minimum Gasteiger partial charge on any atom is -0.495 e. The highest BCUT2D eigenvalue weighted by Gasteiger charge is 2.13. The number of hydrogen-bond acceptors (Lipinski definition) is 6. The van der Waals surface area contributed by atoms with Gasteiger partial charge in [-0.05, 0) is 36.7 Å². The summed E-state index contributed by atoms with van der Waals surface area (Å²) in [5.74, 6) is 0.329. The summed E-state index contributed by atoms with van der Waals surface area (Å²) in [6.07, 6.45) is 0. The Labute approximate surface area is 108 Å². The zero-order valence-electron chi connectivity index (χ0n) is 9.93. The largest absolute Gasteiger partial charge is 0.495 e. The van der Waals surface area contributed by atoms with Gasteiger partial charge in [0.1, 0.15) is 10.6 Å². The molecule has 1 amide bonds. The van der Waals surface area contributed by atoms with Gasteiger partial charge in [-0.15, -0.1) is 5.10 Å². The first-order valence-electron chi connectivity index (χ1n) is 5.15. The number of rotatable bonds is 3. The number of benzene rings is 1. The fourth-order valence-electron chi connectivity index (χ4n) is 1.44. The number of nitrogens with two attached hydrogens (primary N) is 1. The van der Waals surface area contributed by atoms with Crippen molar-refractivity contribution in [1.82, 2.24) is 9.59 Å². The highest BCUT2D eigenvalue weighted by atomic mass is 32.1. The summed E-state index contributed by atoms with van der Waals surface area (Å²) in [5, 5.41) is 6.52. The molecule has 0 aliphatic heterocycles. The lowest BCUT2D eigenvalue weighted by Crippen LogP contribution is -2.11. The summed E-state index contributed by atoms with van der Waals surface area (Å²) in [7, 11) is 1.54. The van der Waals surface area contributed by atoms with Crippen molar-refractivity contribution in [2.75, 3.05) is 18.2 Å². The van der Waals surface area contributed by atoms with E-state index in [0.29, 0.717) is 27.7 Å². The first-order valence-corrected chi connectivity index (χ1v) is 5.93. The molecule has 2 aromatic rings. The Bertz CT molecular complexity index is 582. The van der Waals surface area contributed by atoms with Crippen molar-refractivity contribution in [1.29, 1.82) is 0 Å². The summed E-state index contributed by atoms with van der Waals surface area (Å²) in [4.78, 5) is 12.4. The number of carbonyl (C=O) groups excluding carboxylic acids is 1. The number of aromatic nitrogens is 2. The minimum atomic E-state index is -0.243. The average Bonchev–Trinajstić information content (AvgIpc) is 2.76. The number of hydrogen-bond donors (Lipinski definition) is 2. The maximum absolute atomic E-state index is 11.9. The van der Waals surface area contributed by atoms with Gasteiger partial charge in [0.25, 0.3) is 5.91 Å². The van der Waals surface area contributed by atoms with Crippen LogP contribution in [0.15, 0.2) is 18.2 Å². The van der Waals surface area contributed by atoms with Gasteiger partial charge < -0.3 is 15.8 Å². The maximum Gasteiger partial charge on any atom is 0.269 e. The summed E-state index contributed by atoms with van der Waals surface area (Å²) < 4.78 is 8.76. The maximum atomic E-state index is 11.9. The molecule has 6 nitrogen and oxygen atoms in total. The van der Waals surface area contributed by atoms with Crippen molar-refractivity contribution in [2.45, 2.75) is 6.92 Å². The van der Waals surface area contributed by atoms with Gasteiger partial charge in [-0.25, -0.2) is 0 Å². The SMILES string of the molecule is COc1ccc(NC(=O)c2snnc2C)cc1N. The fraction of sp³-hybridized carbons (Fsp3) is 0.182. The van der Waals surface area contributed by atoms with E-state index in [4.69, 9.17) is 10.5 Å². The predicted molar refractivity (Wildman–Crippen MR) is 70.0 cm³/mol. The van der Waals surface area contributed by atoms with Crippen LogP contribution in [-0.4, -0.2) is 22.6 Å². The molecule has 2 rings (SSSR count). The van der Waals surface area contributed by atoms with E-state index >= 15 is 0 Å². The van der Waals surface area contributed by atoms with Crippen molar-refractivity contribution < 1.29 is 9.53 Å². The number of anilines is 2. The monoisotopic (exact) mass is 264 g/mol. The molecule has 94 valence electrons. The van der Waals surface area contributed by atoms with Gasteiger partial charge in [-0.1, -0.05) is 4.49 Å². The lowest BCUT2D eigenvalue weighted by molar-refractivity contribution is 0.103. The molecule has 0 radical (unpaired) electrons. The number of aryl methyl sites for hydroxylation is 1. The van der Waals surface area contributed by atoms with Crippen LogP contribution in [0.5, 0.6) is 5.75 Å². The number of nitrogens with zero attached hydrogens (tertiary/aromatic N) is 2. The Balaban J connectivity index is 2.17. The quantitative estimate of drug-likeness (QED) is 0.823. The number of carbonyl (C=O) groups is 1. The molecule has 0 saturated heterocycles. The lowest BCUT2D eigenvalue weighted by atomic mass is 10.2. The van der Waals surface area contributed by atoms with Gasteiger partial charge in [0.2, 0.25) is 0 Å². The predicted octanol–water partition coefficient (Wildman–Crippen LogP) is 1.69. The number of nitrogens with one attached hydrogen (secondary N) is 1. The van der Waals surface area contributed by atoms with Crippen molar-refractivity contribution in [2.24, 2.45) is 0 Å². The van der Waals surface area contributed by atoms with Crippen LogP contribution in [0.25, 0.3) is 0 Å². The second-order valence-electron chi connectivity index (χ2n) is 3.60. The van der Waals surface area contributed by atoms with Crippen molar-refractivity contribution >= 4 is 28.8 Å². The standard InChI is InChI=1S/C11H12N4O2S/c1-6-10(18-15-14-6)11(16)13-7-3-4-9(17-2)8(12)5-7/h3-5H,12H2,1-2H3,(H,13,16). The van der Waals surface area contributed by atoms with Crippen LogP contribution >= 0.6 is 11.5 Å². The molecule has 0 atom stereocenters. The second-order valence-corrected chi connectivity index (χ2v) is 4.35. The van der Waals surface area contributed by atoms with Gasteiger partial charge in [-0.3, -0.25) is 4.79 Å². The highest BCUT2D eigenvalue weighted by molar-refractivity contribution is 7.08. The van der Waals surface area contributed by atoms with Crippen LogP contribution < -0.4 is 15.8 Å². The first-order chi connectivity index (χ1) is 8.61. The molecule has 7 heteroatoms. The second kappa shape index (κ2) is 5.01. The number of amides is 1. The van der Waals surface area contributed by atoms with E-state index in [1.807, 2.05) is 0 Å². The van der Waals surface area contributed by atoms with Crippen LogP contribution in [-0.2, 0) is 0 Å². The van der Waals surface area contributed by atoms with E-state index in [1.165, 1.54) is 7.11 Å². The van der Waals surface area contributed by atoms with Crippen LogP contribution in [0, 0.1) is 6.92 Å². The Morgan fingerprint density at radius 3 is 2.83 bits per heavy atom. The molecule has 1 heterocycles. The van der Waals surface area contributed by atoms with E-state index in [1.54, 1.807) is 25.1 Å². The number of ether oxygens (including phenoxy) is 1. The van der Waals surface area contributed by atoms with E-state index in [2.05, 4.69) is 14.9 Å². The summed E-state index contributed by atoms with van der Waals surface area (Å²) in [6, 6.07) is 5.06. The molecular formula is C11H12N4O2S. The zero-order valence-corrected chi connectivity index (χ0v) is 10.7. The molecule has 0 unspecified atom stereocenters. The lowest BCUT2D eigenvalue weighted by Gasteiger charge is -2.08. The average molecular weight is 264 g/mol. The number of nitrogen functional groups attached to an aromatic ring is 1. The van der Waals surface area contributed by atoms with Gasteiger partial charge >= 0.3 is 0 Å². The Hall–Kier alpha value is -2.15. The molecule has 0 spiro atoms. The normalized spacial score (nSPS) is 10.1. The molecule has 0 saturated carbocycles. The third-order valence-corrected chi connectivity index (χ3v) is 3.17. The smallest absolute Gasteiger partial charge is 0.269 e. The topological polar surface area (TPSA) is 90.1 Å². The highest BCUT2D eigenvalue weighted by Crippen LogP contribution is 2.25. The molecule has 3 N–H and O–H groups in total. The minimum absolute atomic E-state index is 0.243. The Kier molecular flexibility index (Phi) is 3.42. The Morgan fingerprint density at radius 1 is 1.50 bits per heavy atom. The van der Waals surface area contributed by atoms with Crippen LogP contribution in [0.4, 0.5) is 11.4 Å². The molecule has 0 aliphatic carbocycles. The third-order valence-electron chi connectivity index (χ3n) is 2.35. The third kappa shape index (κ3) is 2.40. The summed E-state index contributed by atoms with van der Waals surface area (Å²) in [5.41, 5.74) is 7.44. The molecule has 0 aliphatic rings. The number of methoxy groups -OCH3 is 1. The summed E-state index contributed by atoms with van der Waals surface area (Å²) >= 11 is 1.06. The van der Waals surface area contributed by atoms with Gasteiger partial charge in [-0.2, -0.15) is 0 Å².